The number of cyclic esters (lactones) is 1. The third-order valence-corrected chi connectivity index (χ3v) is 4.85. The van der Waals surface area contributed by atoms with Gasteiger partial charge in [0.15, 0.2) is 0 Å². The molecule has 1 aromatic rings. The monoisotopic (exact) mass is 337 g/mol. The Morgan fingerprint density at radius 3 is 2.57 bits per heavy atom. The Balaban J connectivity index is 2.00. The molecule has 5 heteroatoms. The standard InChI is InChI=1S/C18H24ClNO3/c1-12(2)18(3,10-13-4-6-15(19)7-5-13)20-16(21)8-14-9-17(22)23-11-14/h4-7,12,14H,8-11H2,1-3H3,(H,20,21)/t14-,18+/m1/s1. The van der Waals surface area contributed by atoms with Crippen LogP contribution in [-0.4, -0.2) is 24.0 Å². The van der Waals surface area contributed by atoms with Crippen molar-refractivity contribution in [1.82, 2.24) is 5.32 Å². The van der Waals surface area contributed by atoms with E-state index < -0.39 is 0 Å². The molecule has 0 saturated carbocycles. The van der Waals surface area contributed by atoms with E-state index in [9.17, 15) is 9.59 Å². The summed E-state index contributed by atoms with van der Waals surface area (Å²) in [5.41, 5.74) is 0.777. The second-order valence-corrected chi connectivity index (χ2v) is 7.32. The minimum Gasteiger partial charge on any atom is -0.465 e. The van der Waals surface area contributed by atoms with Gasteiger partial charge >= 0.3 is 5.97 Å². The quantitative estimate of drug-likeness (QED) is 0.810. The molecule has 0 aromatic heterocycles. The van der Waals surface area contributed by atoms with Crippen LogP contribution in [0.3, 0.4) is 0 Å². The number of rotatable bonds is 6. The predicted molar refractivity (Wildman–Crippen MR) is 90.2 cm³/mol. The van der Waals surface area contributed by atoms with E-state index in [-0.39, 0.29) is 29.3 Å². The maximum atomic E-state index is 12.4. The Kier molecular flexibility index (Phi) is 5.69. The van der Waals surface area contributed by atoms with E-state index in [1.54, 1.807) is 0 Å². The van der Waals surface area contributed by atoms with E-state index in [4.69, 9.17) is 16.3 Å². The van der Waals surface area contributed by atoms with Crippen molar-refractivity contribution in [2.45, 2.75) is 45.6 Å². The highest BCUT2D eigenvalue weighted by Gasteiger charge is 2.32. The van der Waals surface area contributed by atoms with Gasteiger partial charge in [0.05, 0.1) is 13.0 Å². The molecule has 1 saturated heterocycles. The van der Waals surface area contributed by atoms with Crippen LogP contribution in [0, 0.1) is 11.8 Å². The molecule has 2 rings (SSSR count). The first-order chi connectivity index (χ1) is 10.8. The molecule has 1 amide bonds. The fraction of sp³-hybridized carbons (Fsp3) is 0.556. The summed E-state index contributed by atoms with van der Waals surface area (Å²) in [7, 11) is 0. The zero-order valence-electron chi connectivity index (χ0n) is 13.9. The molecule has 4 nitrogen and oxygen atoms in total. The summed E-state index contributed by atoms with van der Waals surface area (Å²) in [6.07, 6.45) is 1.39. The van der Waals surface area contributed by atoms with Gasteiger partial charge in [-0.3, -0.25) is 9.59 Å². The summed E-state index contributed by atoms with van der Waals surface area (Å²) in [5, 5.41) is 3.86. The number of benzene rings is 1. The Labute approximate surface area is 142 Å². The van der Waals surface area contributed by atoms with Crippen LogP contribution in [0.5, 0.6) is 0 Å². The highest BCUT2D eigenvalue weighted by atomic mass is 35.5. The Morgan fingerprint density at radius 2 is 2.04 bits per heavy atom. The SMILES string of the molecule is CC(C)[C@](C)(Cc1ccc(Cl)cc1)NC(=O)C[C@H]1COC(=O)C1. The average Bonchev–Trinajstić information content (AvgIpc) is 2.86. The van der Waals surface area contributed by atoms with Crippen molar-refractivity contribution in [3.05, 3.63) is 34.9 Å². The Hall–Kier alpha value is -1.55. The highest BCUT2D eigenvalue weighted by molar-refractivity contribution is 6.30. The molecule has 0 unspecified atom stereocenters. The van der Waals surface area contributed by atoms with Crippen molar-refractivity contribution in [2.75, 3.05) is 6.61 Å². The van der Waals surface area contributed by atoms with E-state index in [0.29, 0.717) is 24.5 Å². The highest BCUT2D eigenvalue weighted by Crippen LogP contribution is 2.24. The van der Waals surface area contributed by atoms with Gasteiger partial charge in [-0.25, -0.2) is 0 Å². The lowest BCUT2D eigenvalue weighted by molar-refractivity contribution is -0.138. The van der Waals surface area contributed by atoms with Gasteiger partial charge in [-0.1, -0.05) is 37.6 Å². The molecule has 23 heavy (non-hydrogen) atoms. The average molecular weight is 338 g/mol. The van der Waals surface area contributed by atoms with Crippen LogP contribution in [0.15, 0.2) is 24.3 Å². The lowest BCUT2D eigenvalue weighted by atomic mass is 9.82. The van der Waals surface area contributed by atoms with Gasteiger partial charge in [-0.15, -0.1) is 0 Å². The molecule has 1 fully saturated rings. The number of carbonyl (C=O) groups excluding carboxylic acids is 2. The summed E-state index contributed by atoms with van der Waals surface area (Å²) in [4.78, 5) is 23.5. The Morgan fingerprint density at radius 1 is 1.39 bits per heavy atom. The minimum absolute atomic E-state index is 0.00514. The summed E-state index contributed by atoms with van der Waals surface area (Å²) < 4.78 is 4.92. The summed E-state index contributed by atoms with van der Waals surface area (Å²) in [5.74, 6) is 0.0204. The number of halogens is 1. The molecule has 0 spiro atoms. The fourth-order valence-corrected chi connectivity index (χ4v) is 2.87. The van der Waals surface area contributed by atoms with Crippen molar-refractivity contribution >= 4 is 23.5 Å². The molecular weight excluding hydrogens is 314 g/mol. The molecule has 126 valence electrons. The topological polar surface area (TPSA) is 55.4 Å². The Bertz CT molecular complexity index is 570. The molecular formula is C18H24ClNO3. The molecule has 1 heterocycles. The van der Waals surface area contributed by atoms with Crippen LogP contribution in [0.2, 0.25) is 5.02 Å². The van der Waals surface area contributed by atoms with Crippen LogP contribution in [-0.2, 0) is 20.7 Å². The second-order valence-electron chi connectivity index (χ2n) is 6.88. The van der Waals surface area contributed by atoms with Gasteiger partial charge in [0.2, 0.25) is 5.91 Å². The van der Waals surface area contributed by atoms with E-state index >= 15 is 0 Å². The third kappa shape index (κ3) is 4.96. The van der Waals surface area contributed by atoms with Crippen molar-refractivity contribution < 1.29 is 14.3 Å². The number of esters is 1. The summed E-state index contributed by atoms with van der Waals surface area (Å²) in [6.45, 7) is 6.60. The number of hydrogen-bond acceptors (Lipinski definition) is 3. The van der Waals surface area contributed by atoms with Crippen LogP contribution < -0.4 is 5.32 Å². The van der Waals surface area contributed by atoms with Crippen molar-refractivity contribution in [1.29, 1.82) is 0 Å². The second kappa shape index (κ2) is 7.35. The minimum atomic E-state index is -0.353. The lowest BCUT2D eigenvalue weighted by Gasteiger charge is -2.35. The van der Waals surface area contributed by atoms with Crippen LogP contribution in [0.4, 0.5) is 0 Å². The van der Waals surface area contributed by atoms with E-state index in [1.165, 1.54) is 0 Å². The molecule has 1 aromatic carbocycles. The van der Waals surface area contributed by atoms with Crippen molar-refractivity contribution in [2.24, 2.45) is 11.8 Å². The smallest absolute Gasteiger partial charge is 0.306 e. The number of amides is 1. The third-order valence-electron chi connectivity index (χ3n) is 4.59. The molecule has 1 N–H and O–H groups in total. The summed E-state index contributed by atoms with van der Waals surface area (Å²) in [6, 6.07) is 7.69. The van der Waals surface area contributed by atoms with Gasteiger partial charge < -0.3 is 10.1 Å². The summed E-state index contributed by atoms with van der Waals surface area (Å²) >= 11 is 5.93. The van der Waals surface area contributed by atoms with Gasteiger partial charge in [0, 0.05) is 22.9 Å². The lowest BCUT2D eigenvalue weighted by Crippen LogP contribution is -2.52. The van der Waals surface area contributed by atoms with Crippen molar-refractivity contribution in [3.8, 4) is 0 Å². The molecule has 0 aliphatic carbocycles. The predicted octanol–water partition coefficient (Wildman–Crippen LogP) is 3.37. The van der Waals surface area contributed by atoms with E-state index in [2.05, 4.69) is 26.1 Å². The first kappa shape index (κ1) is 17.8. The van der Waals surface area contributed by atoms with Gasteiger partial charge in [-0.2, -0.15) is 0 Å². The van der Waals surface area contributed by atoms with E-state index in [0.717, 1.165) is 12.0 Å². The van der Waals surface area contributed by atoms with Gasteiger partial charge in [0.25, 0.3) is 0 Å². The van der Waals surface area contributed by atoms with Crippen molar-refractivity contribution in [3.63, 3.8) is 0 Å². The first-order valence-electron chi connectivity index (χ1n) is 7.99. The van der Waals surface area contributed by atoms with Crippen LogP contribution in [0.25, 0.3) is 0 Å². The number of nitrogens with one attached hydrogen (secondary N) is 1. The van der Waals surface area contributed by atoms with Gasteiger partial charge in [0.1, 0.15) is 0 Å². The number of ether oxygens (including phenoxy) is 1. The maximum absolute atomic E-state index is 12.4. The normalized spacial score (nSPS) is 20.2. The number of carbonyl (C=O) groups is 2. The maximum Gasteiger partial charge on any atom is 0.306 e. The molecule has 0 radical (unpaired) electrons. The van der Waals surface area contributed by atoms with Crippen LogP contribution in [0.1, 0.15) is 39.2 Å². The fourth-order valence-electron chi connectivity index (χ4n) is 2.75. The largest absolute Gasteiger partial charge is 0.465 e. The van der Waals surface area contributed by atoms with Crippen LogP contribution >= 0.6 is 11.6 Å². The zero-order valence-corrected chi connectivity index (χ0v) is 14.7. The van der Waals surface area contributed by atoms with E-state index in [1.807, 2.05) is 24.3 Å². The first-order valence-corrected chi connectivity index (χ1v) is 8.37. The van der Waals surface area contributed by atoms with Gasteiger partial charge in [-0.05, 0) is 37.0 Å². The molecule has 0 bridgehead atoms. The number of hydrogen-bond donors (Lipinski definition) is 1. The molecule has 2 atom stereocenters. The molecule has 1 aliphatic heterocycles. The zero-order chi connectivity index (χ0) is 17.0. The molecule has 1 aliphatic rings.